The molecule has 3 nitrogen and oxygen atoms in total. The Hall–Kier alpha value is -3.64. The first-order valence-corrected chi connectivity index (χ1v) is 8.51. The predicted octanol–water partition coefficient (Wildman–Crippen LogP) is 5.13. The molecule has 0 fully saturated rings. The Kier molecular flexibility index (Phi) is 4.32. The highest BCUT2D eigenvalue weighted by atomic mass is 15.1. The Morgan fingerprint density at radius 2 is 1.58 bits per heavy atom. The van der Waals surface area contributed by atoms with Crippen LogP contribution in [-0.2, 0) is 6.54 Å². The van der Waals surface area contributed by atoms with Gasteiger partial charge in [0.15, 0.2) is 0 Å². The quantitative estimate of drug-likeness (QED) is 0.519. The number of hydrogen-bond acceptors (Lipinski definition) is 2. The summed E-state index contributed by atoms with van der Waals surface area (Å²) in [5.41, 5.74) is 5.04. The third-order valence-corrected chi connectivity index (χ3v) is 4.33. The standard InChI is InChI=1S/C23H17N3/c24-16-19-10-12-20(13-11-19)17-26-22-9-5-4-8-21(22)25-23(26)15-14-18-6-2-1-3-7-18/h1-15H,17H2/b15-14+. The van der Waals surface area contributed by atoms with E-state index >= 15 is 0 Å². The lowest BCUT2D eigenvalue weighted by atomic mass is 10.1. The summed E-state index contributed by atoms with van der Waals surface area (Å²) in [5.74, 6) is 0.916. The molecule has 1 aromatic heterocycles. The van der Waals surface area contributed by atoms with Crippen LogP contribution in [0.3, 0.4) is 0 Å². The van der Waals surface area contributed by atoms with Crippen molar-refractivity contribution < 1.29 is 0 Å². The van der Waals surface area contributed by atoms with Gasteiger partial charge in [-0.15, -0.1) is 0 Å². The largest absolute Gasteiger partial charge is 0.320 e. The molecule has 1 heterocycles. The number of hydrogen-bond donors (Lipinski definition) is 0. The van der Waals surface area contributed by atoms with Crippen LogP contribution in [0.5, 0.6) is 0 Å². The van der Waals surface area contributed by atoms with Crippen molar-refractivity contribution in [3.8, 4) is 6.07 Å². The molecule has 0 atom stereocenters. The first kappa shape index (κ1) is 15.9. The first-order chi connectivity index (χ1) is 12.8. The van der Waals surface area contributed by atoms with Crippen molar-refractivity contribution in [2.24, 2.45) is 0 Å². The summed E-state index contributed by atoms with van der Waals surface area (Å²) in [6.07, 6.45) is 4.13. The lowest BCUT2D eigenvalue weighted by Gasteiger charge is -2.07. The minimum atomic E-state index is 0.674. The molecule has 0 aliphatic rings. The summed E-state index contributed by atoms with van der Waals surface area (Å²) >= 11 is 0. The molecule has 0 unspecified atom stereocenters. The van der Waals surface area contributed by atoms with E-state index in [0.717, 1.165) is 28.0 Å². The molecule has 0 amide bonds. The number of rotatable bonds is 4. The smallest absolute Gasteiger partial charge is 0.134 e. The zero-order valence-electron chi connectivity index (χ0n) is 14.2. The van der Waals surface area contributed by atoms with Gasteiger partial charge in [0.1, 0.15) is 5.82 Å². The minimum absolute atomic E-state index is 0.674. The molecule has 0 saturated heterocycles. The van der Waals surface area contributed by atoms with Gasteiger partial charge in [-0.25, -0.2) is 4.98 Å². The van der Waals surface area contributed by atoms with E-state index in [1.54, 1.807) is 0 Å². The lowest BCUT2D eigenvalue weighted by Crippen LogP contribution is -2.02. The van der Waals surface area contributed by atoms with E-state index in [1.807, 2.05) is 60.7 Å². The third kappa shape index (κ3) is 3.26. The van der Waals surface area contributed by atoms with Crippen molar-refractivity contribution in [3.05, 3.63) is 101 Å². The number of fused-ring (bicyclic) bond motifs is 1. The molecule has 26 heavy (non-hydrogen) atoms. The Morgan fingerprint density at radius 3 is 2.35 bits per heavy atom. The molecule has 0 spiro atoms. The van der Waals surface area contributed by atoms with Crippen molar-refractivity contribution in [1.29, 1.82) is 5.26 Å². The van der Waals surface area contributed by atoms with Crippen LogP contribution in [0.1, 0.15) is 22.5 Å². The SMILES string of the molecule is N#Cc1ccc(Cn2c(/C=C/c3ccccc3)nc3ccccc32)cc1. The lowest BCUT2D eigenvalue weighted by molar-refractivity contribution is 0.814. The van der Waals surface area contributed by atoms with Crippen LogP contribution in [0.4, 0.5) is 0 Å². The molecule has 0 bridgehead atoms. The van der Waals surface area contributed by atoms with Crippen LogP contribution in [0.25, 0.3) is 23.2 Å². The molecule has 124 valence electrons. The fourth-order valence-electron chi connectivity index (χ4n) is 2.99. The van der Waals surface area contributed by atoms with Gasteiger partial charge >= 0.3 is 0 Å². The van der Waals surface area contributed by atoms with Gasteiger partial charge in [0.25, 0.3) is 0 Å². The van der Waals surface area contributed by atoms with Gasteiger partial charge in [0.2, 0.25) is 0 Å². The predicted molar refractivity (Wildman–Crippen MR) is 105 cm³/mol. The van der Waals surface area contributed by atoms with Crippen LogP contribution in [0, 0.1) is 11.3 Å². The monoisotopic (exact) mass is 335 g/mol. The van der Waals surface area contributed by atoms with Crippen LogP contribution in [-0.4, -0.2) is 9.55 Å². The van der Waals surface area contributed by atoms with Crippen molar-refractivity contribution >= 4 is 23.2 Å². The van der Waals surface area contributed by atoms with E-state index in [9.17, 15) is 0 Å². The number of para-hydroxylation sites is 2. The summed E-state index contributed by atoms with van der Waals surface area (Å²) in [5, 5.41) is 8.97. The average Bonchev–Trinajstić information content (AvgIpc) is 3.05. The van der Waals surface area contributed by atoms with Crippen molar-refractivity contribution in [1.82, 2.24) is 9.55 Å². The molecular formula is C23H17N3. The first-order valence-electron chi connectivity index (χ1n) is 8.51. The van der Waals surface area contributed by atoms with E-state index in [1.165, 1.54) is 0 Å². The third-order valence-electron chi connectivity index (χ3n) is 4.33. The topological polar surface area (TPSA) is 41.6 Å². The second-order valence-electron chi connectivity index (χ2n) is 6.10. The molecule has 0 aliphatic carbocycles. The van der Waals surface area contributed by atoms with Gasteiger partial charge in [0.05, 0.1) is 22.7 Å². The van der Waals surface area contributed by atoms with Gasteiger partial charge in [0, 0.05) is 6.54 Å². The average molecular weight is 335 g/mol. The van der Waals surface area contributed by atoms with Gasteiger partial charge in [-0.2, -0.15) is 5.26 Å². The van der Waals surface area contributed by atoms with Crippen molar-refractivity contribution in [2.75, 3.05) is 0 Å². The fraction of sp³-hybridized carbons (Fsp3) is 0.0435. The number of aromatic nitrogens is 2. The minimum Gasteiger partial charge on any atom is -0.320 e. The summed E-state index contributed by atoms with van der Waals surface area (Å²) < 4.78 is 2.20. The van der Waals surface area contributed by atoms with E-state index < -0.39 is 0 Å². The number of benzene rings is 3. The molecule has 3 aromatic carbocycles. The van der Waals surface area contributed by atoms with Gasteiger partial charge in [-0.1, -0.05) is 60.7 Å². The van der Waals surface area contributed by atoms with Gasteiger partial charge in [-0.3, -0.25) is 0 Å². The van der Waals surface area contributed by atoms with Crippen molar-refractivity contribution in [2.45, 2.75) is 6.54 Å². The maximum atomic E-state index is 8.97. The maximum absolute atomic E-state index is 8.97. The highest BCUT2D eigenvalue weighted by molar-refractivity contribution is 5.80. The molecule has 3 heteroatoms. The summed E-state index contributed by atoms with van der Waals surface area (Å²) in [4.78, 5) is 4.78. The Bertz CT molecular complexity index is 1100. The molecular weight excluding hydrogens is 318 g/mol. The fourth-order valence-corrected chi connectivity index (χ4v) is 2.99. The number of nitrogens with zero attached hydrogens (tertiary/aromatic N) is 3. The highest BCUT2D eigenvalue weighted by Gasteiger charge is 2.09. The molecule has 4 aromatic rings. The van der Waals surface area contributed by atoms with E-state index in [-0.39, 0.29) is 0 Å². The molecule has 0 radical (unpaired) electrons. The molecule has 0 saturated carbocycles. The molecule has 0 N–H and O–H groups in total. The Labute approximate surface area is 152 Å². The van der Waals surface area contributed by atoms with E-state index in [4.69, 9.17) is 10.2 Å². The normalized spacial score (nSPS) is 11.0. The summed E-state index contributed by atoms with van der Waals surface area (Å²) in [6, 6.07) is 28.2. The van der Waals surface area contributed by atoms with Crippen LogP contribution in [0.15, 0.2) is 78.9 Å². The number of imidazole rings is 1. The van der Waals surface area contributed by atoms with Gasteiger partial charge in [-0.05, 0) is 41.5 Å². The highest BCUT2D eigenvalue weighted by Crippen LogP contribution is 2.20. The van der Waals surface area contributed by atoms with E-state index in [2.05, 4.69) is 41.0 Å². The van der Waals surface area contributed by atoms with Crippen molar-refractivity contribution in [3.63, 3.8) is 0 Å². The number of nitriles is 1. The van der Waals surface area contributed by atoms with Crippen LogP contribution >= 0.6 is 0 Å². The van der Waals surface area contributed by atoms with E-state index in [0.29, 0.717) is 12.1 Å². The molecule has 0 aliphatic heterocycles. The molecule has 4 rings (SSSR count). The Morgan fingerprint density at radius 1 is 0.846 bits per heavy atom. The zero-order valence-corrected chi connectivity index (χ0v) is 14.2. The maximum Gasteiger partial charge on any atom is 0.134 e. The Balaban J connectivity index is 1.74. The second kappa shape index (κ2) is 7.08. The van der Waals surface area contributed by atoms with Gasteiger partial charge < -0.3 is 4.57 Å². The second-order valence-corrected chi connectivity index (χ2v) is 6.10. The summed E-state index contributed by atoms with van der Waals surface area (Å²) in [7, 11) is 0. The van der Waals surface area contributed by atoms with Crippen LogP contribution in [0.2, 0.25) is 0 Å². The van der Waals surface area contributed by atoms with Crippen LogP contribution < -0.4 is 0 Å². The summed E-state index contributed by atoms with van der Waals surface area (Å²) in [6.45, 7) is 0.709. The zero-order chi connectivity index (χ0) is 17.8.